The molecule has 2 aliphatic heterocycles. The van der Waals surface area contributed by atoms with Gasteiger partial charge in [-0.3, -0.25) is 4.79 Å². The van der Waals surface area contributed by atoms with E-state index >= 15 is 0 Å². The van der Waals surface area contributed by atoms with E-state index in [9.17, 15) is 4.79 Å². The van der Waals surface area contributed by atoms with Crippen molar-refractivity contribution in [2.45, 2.75) is 30.2 Å². The molecule has 1 spiro atoms. The highest BCUT2D eigenvalue weighted by atomic mass is 79.9. The van der Waals surface area contributed by atoms with E-state index in [-0.39, 0.29) is 29.2 Å². The van der Waals surface area contributed by atoms with E-state index in [0.29, 0.717) is 6.54 Å². The molecule has 2 unspecified atom stereocenters. The van der Waals surface area contributed by atoms with Crippen molar-refractivity contribution in [2.24, 2.45) is 5.92 Å². The van der Waals surface area contributed by atoms with Crippen LogP contribution in [0.1, 0.15) is 47.1 Å². The summed E-state index contributed by atoms with van der Waals surface area (Å²) in [4.78, 5) is 16.4. The van der Waals surface area contributed by atoms with Crippen LogP contribution in [0.4, 0.5) is 0 Å². The standard InChI is InChI=1S/C31H31BrN2O2/c1-36-23-12-10-22(11-13-23)29-18-31(15-14-21-6-2-4-8-27(21)31)16-17-34(29)30(35)26-20-33-19-25(26)24-7-3-5-9-28(24)32/h2-15,25-26,29,33H,16-20H2,1H3/t25-,26+,29?,31?/m0/s1. The van der Waals surface area contributed by atoms with E-state index in [2.05, 4.69) is 92.9 Å². The van der Waals surface area contributed by atoms with Crippen molar-refractivity contribution in [1.29, 1.82) is 0 Å². The number of hydrogen-bond donors (Lipinski definition) is 1. The summed E-state index contributed by atoms with van der Waals surface area (Å²) in [5.41, 5.74) is 5.05. The first-order valence-electron chi connectivity index (χ1n) is 12.8. The van der Waals surface area contributed by atoms with Crippen LogP contribution in [0.3, 0.4) is 0 Å². The lowest BCUT2D eigenvalue weighted by Crippen LogP contribution is -2.49. The van der Waals surface area contributed by atoms with Crippen LogP contribution in [0.5, 0.6) is 5.75 Å². The van der Waals surface area contributed by atoms with Crippen molar-refractivity contribution in [3.8, 4) is 5.75 Å². The number of likely N-dealkylation sites (tertiary alicyclic amines) is 1. The van der Waals surface area contributed by atoms with E-state index < -0.39 is 0 Å². The smallest absolute Gasteiger partial charge is 0.228 e. The third-order valence-electron chi connectivity index (χ3n) is 8.43. The highest BCUT2D eigenvalue weighted by Gasteiger charge is 2.47. The van der Waals surface area contributed by atoms with E-state index in [0.717, 1.165) is 36.2 Å². The Labute approximate surface area is 221 Å². The molecule has 2 heterocycles. The zero-order chi connectivity index (χ0) is 24.7. The van der Waals surface area contributed by atoms with Gasteiger partial charge in [0.05, 0.1) is 19.1 Å². The topological polar surface area (TPSA) is 41.6 Å². The molecule has 1 aliphatic carbocycles. The molecule has 4 nitrogen and oxygen atoms in total. The van der Waals surface area contributed by atoms with Crippen molar-refractivity contribution >= 4 is 27.9 Å². The Bertz CT molecular complexity index is 1300. The lowest BCUT2D eigenvalue weighted by atomic mass is 9.70. The zero-order valence-corrected chi connectivity index (χ0v) is 22.1. The maximum atomic E-state index is 14.3. The second kappa shape index (κ2) is 9.53. The molecule has 3 aliphatic rings. The minimum absolute atomic E-state index is 0.00780. The molecule has 0 saturated carbocycles. The van der Waals surface area contributed by atoms with Crippen molar-refractivity contribution in [2.75, 3.05) is 26.7 Å². The summed E-state index contributed by atoms with van der Waals surface area (Å²) >= 11 is 3.72. The number of halogens is 1. The molecule has 36 heavy (non-hydrogen) atoms. The molecule has 6 rings (SSSR count). The highest BCUT2D eigenvalue weighted by molar-refractivity contribution is 9.10. The van der Waals surface area contributed by atoms with Crippen LogP contribution >= 0.6 is 15.9 Å². The SMILES string of the molecule is COc1ccc(C2CC3(C=Cc4ccccc43)CCN2C(=O)[C@@H]2CNC[C@H]2c2ccccc2Br)cc1. The molecule has 3 aromatic rings. The lowest BCUT2D eigenvalue weighted by Gasteiger charge is -2.46. The van der Waals surface area contributed by atoms with Gasteiger partial charge in [0, 0.05) is 35.4 Å². The molecule has 1 N–H and O–H groups in total. The number of hydrogen-bond acceptors (Lipinski definition) is 3. The van der Waals surface area contributed by atoms with Crippen LogP contribution in [-0.4, -0.2) is 37.6 Å². The fraction of sp³-hybridized carbons (Fsp3) is 0.323. The highest BCUT2D eigenvalue weighted by Crippen LogP contribution is 2.50. The van der Waals surface area contributed by atoms with Crippen LogP contribution in [-0.2, 0) is 10.2 Å². The minimum atomic E-state index is -0.0788. The van der Waals surface area contributed by atoms with Crippen LogP contribution in [0, 0.1) is 5.92 Å². The third kappa shape index (κ3) is 3.99. The molecule has 2 fully saturated rings. The molecular formula is C31H31BrN2O2. The van der Waals surface area contributed by atoms with Gasteiger partial charge in [0.1, 0.15) is 5.75 Å². The fourth-order valence-corrected chi connectivity index (χ4v) is 7.08. The number of amides is 1. The van der Waals surface area contributed by atoms with Gasteiger partial charge in [-0.05, 0) is 53.3 Å². The molecule has 0 radical (unpaired) electrons. The molecular weight excluding hydrogens is 512 g/mol. The molecule has 3 aromatic carbocycles. The quantitative estimate of drug-likeness (QED) is 0.433. The average Bonchev–Trinajstić information content (AvgIpc) is 3.55. The number of rotatable bonds is 4. The molecule has 0 aromatic heterocycles. The number of piperidine rings is 1. The van der Waals surface area contributed by atoms with E-state index in [1.54, 1.807) is 7.11 Å². The van der Waals surface area contributed by atoms with Crippen molar-refractivity contribution in [3.63, 3.8) is 0 Å². The van der Waals surface area contributed by atoms with Crippen LogP contribution < -0.4 is 10.1 Å². The van der Waals surface area contributed by atoms with Crippen molar-refractivity contribution < 1.29 is 9.53 Å². The molecule has 5 heteroatoms. The predicted molar refractivity (Wildman–Crippen MR) is 147 cm³/mol. The molecule has 0 bridgehead atoms. The number of carbonyl (C=O) groups excluding carboxylic acids is 1. The van der Waals surface area contributed by atoms with E-state index in [1.807, 2.05) is 18.2 Å². The van der Waals surface area contributed by atoms with E-state index in [4.69, 9.17) is 4.74 Å². The third-order valence-corrected chi connectivity index (χ3v) is 9.15. The number of methoxy groups -OCH3 is 1. The van der Waals surface area contributed by atoms with Gasteiger partial charge < -0.3 is 15.0 Å². The van der Waals surface area contributed by atoms with Crippen molar-refractivity contribution in [3.05, 3.63) is 106 Å². The lowest BCUT2D eigenvalue weighted by molar-refractivity contribution is -0.140. The van der Waals surface area contributed by atoms with Gasteiger partial charge >= 0.3 is 0 Å². The summed E-state index contributed by atoms with van der Waals surface area (Å²) in [6, 6.07) is 25.3. The molecule has 2 saturated heterocycles. The summed E-state index contributed by atoms with van der Waals surface area (Å²) in [6.45, 7) is 2.28. The Morgan fingerprint density at radius 2 is 1.81 bits per heavy atom. The monoisotopic (exact) mass is 542 g/mol. The van der Waals surface area contributed by atoms with Crippen LogP contribution in [0.2, 0.25) is 0 Å². The Morgan fingerprint density at radius 1 is 1.03 bits per heavy atom. The number of ether oxygens (including phenoxy) is 1. The normalized spacial score (nSPS) is 26.8. The Morgan fingerprint density at radius 3 is 2.61 bits per heavy atom. The summed E-state index contributed by atoms with van der Waals surface area (Å²) in [6.07, 6.45) is 6.48. The number of benzene rings is 3. The Kier molecular flexibility index (Phi) is 6.22. The maximum absolute atomic E-state index is 14.3. The number of nitrogens with zero attached hydrogens (tertiary/aromatic N) is 1. The second-order valence-electron chi connectivity index (χ2n) is 10.2. The van der Waals surface area contributed by atoms with Gasteiger partial charge in [-0.25, -0.2) is 0 Å². The maximum Gasteiger partial charge on any atom is 0.228 e. The summed E-state index contributed by atoms with van der Waals surface area (Å²) in [7, 11) is 1.69. The van der Waals surface area contributed by atoms with Crippen LogP contribution in [0.15, 0.2) is 83.3 Å². The van der Waals surface area contributed by atoms with Gasteiger partial charge in [0.25, 0.3) is 0 Å². The van der Waals surface area contributed by atoms with Crippen LogP contribution in [0.25, 0.3) is 6.08 Å². The molecule has 4 atom stereocenters. The average molecular weight is 544 g/mol. The molecule has 1 amide bonds. The first-order valence-corrected chi connectivity index (χ1v) is 13.6. The first-order chi connectivity index (χ1) is 17.6. The number of carbonyl (C=O) groups is 1. The Balaban J connectivity index is 1.35. The minimum Gasteiger partial charge on any atom is -0.497 e. The van der Waals surface area contributed by atoms with Gasteiger partial charge in [-0.2, -0.15) is 0 Å². The van der Waals surface area contributed by atoms with E-state index in [1.165, 1.54) is 22.3 Å². The summed E-state index contributed by atoms with van der Waals surface area (Å²) < 4.78 is 6.50. The number of fused-ring (bicyclic) bond motifs is 2. The van der Waals surface area contributed by atoms with Gasteiger partial charge in [0.2, 0.25) is 5.91 Å². The summed E-state index contributed by atoms with van der Waals surface area (Å²) in [5.74, 6) is 1.17. The fourth-order valence-electron chi connectivity index (χ4n) is 6.51. The van der Waals surface area contributed by atoms with Crippen molar-refractivity contribution in [1.82, 2.24) is 10.2 Å². The molecule has 184 valence electrons. The number of nitrogens with one attached hydrogen (secondary N) is 1. The first kappa shape index (κ1) is 23.5. The largest absolute Gasteiger partial charge is 0.497 e. The van der Waals surface area contributed by atoms with Gasteiger partial charge in [0.15, 0.2) is 0 Å². The zero-order valence-electron chi connectivity index (χ0n) is 20.5. The van der Waals surface area contributed by atoms with Gasteiger partial charge in [-0.15, -0.1) is 0 Å². The number of allylic oxidation sites excluding steroid dienone is 1. The second-order valence-corrected chi connectivity index (χ2v) is 11.1. The van der Waals surface area contributed by atoms with Gasteiger partial charge in [-0.1, -0.05) is 82.7 Å². The summed E-state index contributed by atoms with van der Waals surface area (Å²) in [5, 5.41) is 3.50. The predicted octanol–water partition coefficient (Wildman–Crippen LogP) is 6.09. The Hall–Kier alpha value is -2.89.